The maximum atomic E-state index is 13.1. The monoisotopic (exact) mass is 572 g/mol. The molecule has 0 unspecified atom stereocenters. The number of ether oxygens (including phenoxy) is 2. The van der Waals surface area contributed by atoms with Crippen molar-refractivity contribution in [3.05, 3.63) is 28.7 Å². The quantitative estimate of drug-likeness (QED) is 0.261. The van der Waals surface area contributed by atoms with E-state index in [2.05, 4.69) is 43.7 Å². The van der Waals surface area contributed by atoms with Gasteiger partial charge in [0.2, 0.25) is 0 Å². The molecule has 0 bridgehead atoms. The van der Waals surface area contributed by atoms with E-state index in [1.807, 2.05) is 45.8 Å². The van der Waals surface area contributed by atoms with E-state index in [4.69, 9.17) is 9.47 Å². The molecule has 9 heteroatoms. The van der Waals surface area contributed by atoms with Crippen molar-refractivity contribution in [2.75, 3.05) is 32.1 Å². The van der Waals surface area contributed by atoms with Crippen molar-refractivity contribution in [1.29, 1.82) is 0 Å². The Morgan fingerprint density at radius 1 is 1.12 bits per heavy atom. The van der Waals surface area contributed by atoms with Gasteiger partial charge in [0.05, 0.1) is 16.7 Å². The first-order valence-electron chi connectivity index (χ1n) is 15.0. The van der Waals surface area contributed by atoms with Crippen molar-refractivity contribution < 1.29 is 14.3 Å². The van der Waals surface area contributed by atoms with E-state index >= 15 is 0 Å². The number of fused-ring (bicyclic) bond motifs is 1. The van der Waals surface area contributed by atoms with Gasteiger partial charge in [-0.15, -0.1) is 0 Å². The number of hydrogen-bond acceptors (Lipinski definition) is 5. The van der Waals surface area contributed by atoms with Crippen molar-refractivity contribution in [2.45, 2.75) is 103 Å². The van der Waals surface area contributed by atoms with Crippen LogP contribution >= 0.6 is 0 Å². The molecule has 1 spiro atoms. The third-order valence-corrected chi connectivity index (χ3v) is 10.7. The average molecular weight is 573 g/mol. The predicted molar refractivity (Wildman–Crippen MR) is 166 cm³/mol. The number of imidazole rings is 1. The predicted octanol–water partition coefficient (Wildman–Crippen LogP) is 6.29. The maximum Gasteiger partial charge on any atom is 0.410 e. The molecule has 2 fully saturated rings. The number of aryl methyl sites for hydroxylation is 1. The third kappa shape index (κ3) is 6.96. The SMILES string of the molecule is CN(C[C@H]1CC2(CC[C@H](N(C)C(=O)OC(C)(C)C)CC2)C1)c1cccc2c1n(C)c(=O)n2COCC[Si](C)(C)C. The van der Waals surface area contributed by atoms with Gasteiger partial charge in [0.1, 0.15) is 12.3 Å². The summed E-state index contributed by atoms with van der Waals surface area (Å²) in [7, 11) is 4.73. The number of amides is 1. The second kappa shape index (κ2) is 11.5. The number of carbonyl (C=O) groups excluding carboxylic acids is 1. The molecule has 8 nitrogen and oxygen atoms in total. The molecule has 0 N–H and O–H groups in total. The molecule has 224 valence electrons. The molecule has 2 saturated carbocycles. The van der Waals surface area contributed by atoms with Crippen LogP contribution in [0.25, 0.3) is 11.0 Å². The lowest BCUT2D eigenvalue weighted by molar-refractivity contribution is -0.0173. The summed E-state index contributed by atoms with van der Waals surface area (Å²) < 4.78 is 15.1. The first kappa shape index (κ1) is 30.7. The Hall–Kier alpha value is -2.26. The molecule has 40 heavy (non-hydrogen) atoms. The van der Waals surface area contributed by atoms with Crippen LogP contribution in [-0.4, -0.2) is 67.1 Å². The van der Waals surface area contributed by atoms with E-state index in [0.717, 1.165) is 42.2 Å². The van der Waals surface area contributed by atoms with Gasteiger partial charge in [-0.05, 0) is 88.8 Å². The fourth-order valence-corrected chi connectivity index (χ4v) is 7.46. The second-order valence-electron chi connectivity index (χ2n) is 14.7. The minimum Gasteiger partial charge on any atom is -0.444 e. The lowest BCUT2D eigenvalue weighted by Crippen LogP contribution is -2.49. The zero-order valence-corrected chi connectivity index (χ0v) is 27.4. The summed E-state index contributed by atoms with van der Waals surface area (Å²) >= 11 is 0. The maximum absolute atomic E-state index is 13.1. The molecule has 1 amide bonds. The van der Waals surface area contributed by atoms with E-state index < -0.39 is 13.7 Å². The molecular formula is C31H52N4O4Si. The Labute approximate surface area is 241 Å². The topological polar surface area (TPSA) is 68.9 Å². The third-order valence-electron chi connectivity index (χ3n) is 8.99. The van der Waals surface area contributed by atoms with Crippen molar-refractivity contribution in [2.24, 2.45) is 18.4 Å². The smallest absolute Gasteiger partial charge is 0.410 e. The van der Waals surface area contributed by atoms with Gasteiger partial charge in [-0.2, -0.15) is 0 Å². The van der Waals surface area contributed by atoms with Gasteiger partial charge in [0.25, 0.3) is 0 Å². The fraction of sp³-hybridized carbons (Fsp3) is 0.742. The number of aromatic nitrogens is 2. The molecule has 0 radical (unpaired) electrons. The molecule has 1 aromatic heterocycles. The van der Waals surface area contributed by atoms with Gasteiger partial charge in [-0.25, -0.2) is 9.59 Å². The summed E-state index contributed by atoms with van der Waals surface area (Å²) in [5.41, 5.74) is 2.94. The fourth-order valence-electron chi connectivity index (χ4n) is 6.70. The molecule has 1 aromatic carbocycles. The number of nitrogens with zero attached hydrogens (tertiary/aromatic N) is 4. The van der Waals surface area contributed by atoms with Crippen LogP contribution in [-0.2, 0) is 23.3 Å². The van der Waals surface area contributed by atoms with Crippen molar-refractivity contribution >= 4 is 30.9 Å². The number of rotatable bonds is 9. The first-order chi connectivity index (χ1) is 18.6. The van der Waals surface area contributed by atoms with Crippen LogP contribution in [0, 0.1) is 11.3 Å². The molecule has 2 aromatic rings. The van der Waals surface area contributed by atoms with Crippen LogP contribution in [0.15, 0.2) is 23.0 Å². The lowest BCUT2D eigenvalue weighted by Gasteiger charge is -2.53. The summed E-state index contributed by atoms with van der Waals surface area (Å²) in [6.45, 7) is 14.7. The standard InChI is InChI=1S/C31H52N4O4Si/c1-30(2,3)39-29(37)33(5)24-13-15-31(16-14-24)19-23(20-31)21-32(4)25-11-10-12-26-27(25)34(6)28(36)35(26)22-38-17-18-40(7,8)9/h10-12,23-24H,13-22H2,1-9H3/t23-,24-,31?. The highest BCUT2D eigenvalue weighted by Gasteiger charge is 2.47. The number of para-hydroxylation sites is 1. The van der Waals surface area contributed by atoms with E-state index in [1.165, 1.54) is 25.7 Å². The number of anilines is 1. The molecule has 2 aliphatic rings. The molecule has 0 atom stereocenters. The summed E-state index contributed by atoms with van der Waals surface area (Å²) in [6, 6.07) is 7.57. The molecular weight excluding hydrogens is 520 g/mol. The molecule has 1 heterocycles. The minimum atomic E-state index is -1.18. The van der Waals surface area contributed by atoms with Crippen LogP contribution in [0.4, 0.5) is 10.5 Å². The number of hydrogen-bond donors (Lipinski definition) is 0. The van der Waals surface area contributed by atoms with Gasteiger partial charge < -0.3 is 19.3 Å². The van der Waals surface area contributed by atoms with E-state index in [-0.39, 0.29) is 17.8 Å². The van der Waals surface area contributed by atoms with Gasteiger partial charge in [0, 0.05) is 48.4 Å². The van der Waals surface area contributed by atoms with Crippen molar-refractivity contribution in [3.63, 3.8) is 0 Å². The Balaban J connectivity index is 1.34. The highest BCUT2D eigenvalue weighted by atomic mass is 28.3. The van der Waals surface area contributed by atoms with Crippen LogP contribution in [0.1, 0.15) is 59.3 Å². The Morgan fingerprint density at radius 2 is 1.77 bits per heavy atom. The van der Waals surface area contributed by atoms with Crippen LogP contribution < -0.4 is 10.6 Å². The van der Waals surface area contributed by atoms with Crippen molar-refractivity contribution in [1.82, 2.24) is 14.0 Å². The molecule has 4 rings (SSSR count). The molecule has 2 aliphatic carbocycles. The van der Waals surface area contributed by atoms with Crippen molar-refractivity contribution in [3.8, 4) is 0 Å². The summed E-state index contributed by atoms with van der Waals surface area (Å²) in [5, 5.41) is 0. The number of benzene rings is 1. The van der Waals surface area contributed by atoms with Gasteiger partial charge >= 0.3 is 11.8 Å². The van der Waals surface area contributed by atoms with E-state index in [9.17, 15) is 9.59 Å². The minimum absolute atomic E-state index is 0.0282. The summed E-state index contributed by atoms with van der Waals surface area (Å²) in [5.74, 6) is 0.643. The highest BCUT2D eigenvalue weighted by Crippen LogP contribution is 2.55. The largest absolute Gasteiger partial charge is 0.444 e. The average Bonchev–Trinajstić information content (AvgIpc) is 3.08. The zero-order chi connectivity index (χ0) is 29.5. The van der Waals surface area contributed by atoms with Gasteiger partial charge in [-0.1, -0.05) is 25.7 Å². The first-order valence-corrected chi connectivity index (χ1v) is 18.7. The van der Waals surface area contributed by atoms with Crippen LogP contribution in [0.5, 0.6) is 0 Å². The molecule has 0 aliphatic heterocycles. The van der Waals surface area contributed by atoms with Gasteiger partial charge in [0.15, 0.2) is 0 Å². The van der Waals surface area contributed by atoms with Gasteiger partial charge in [-0.3, -0.25) is 9.13 Å². The highest BCUT2D eigenvalue weighted by molar-refractivity contribution is 6.76. The Kier molecular flexibility index (Phi) is 8.86. The number of carbonyl (C=O) groups is 1. The van der Waals surface area contributed by atoms with E-state index in [0.29, 0.717) is 24.7 Å². The summed E-state index contributed by atoms with van der Waals surface area (Å²) in [4.78, 5) is 29.8. The zero-order valence-electron chi connectivity index (χ0n) is 26.4. The van der Waals surface area contributed by atoms with Crippen LogP contribution in [0.3, 0.4) is 0 Å². The Morgan fingerprint density at radius 3 is 2.38 bits per heavy atom. The summed E-state index contributed by atoms with van der Waals surface area (Å²) in [6.07, 6.45) is 6.71. The Bertz CT molecular complexity index is 1240. The normalized spacial score (nSPS) is 23.3. The lowest BCUT2D eigenvalue weighted by atomic mass is 9.55. The second-order valence-corrected chi connectivity index (χ2v) is 20.4. The van der Waals surface area contributed by atoms with E-state index in [1.54, 1.807) is 9.13 Å². The molecule has 0 saturated heterocycles. The van der Waals surface area contributed by atoms with Crippen LogP contribution in [0.2, 0.25) is 25.7 Å².